The highest BCUT2D eigenvalue weighted by atomic mass is 16.5. The van der Waals surface area contributed by atoms with Crippen LogP contribution in [0.25, 0.3) is 0 Å². The molecule has 2 heterocycles. The zero-order chi connectivity index (χ0) is 22.0. The van der Waals surface area contributed by atoms with Gasteiger partial charge in [-0.15, -0.1) is 0 Å². The van der Waals surface area contributed by atoms with E-state index in [9.17, 15) is 9.90 Å². The Bertz CT molecular complexity index is 863. The zero-order valence-electron chi connectivity index (χ0n) is 19.0. The van der Waals surface area contributed by atoms with Crippen molar-refractivity contribution in [3.8, 4) is 0 Å². The van der Waals surface area contributed by atoms with Crippen molar-refractivity contribution in [1.29, 1.82) is 0 Å². The first-order valence-corrected chi connectivity index (χ1v) is 11.7. The van der Waals surface area contributed by atoms with Gasteiger partial charge in [-0.05, 0) is 17.0 Å². The fraction of sp³-hybridized carbons (Fsp3) is 0.519. The molecule has 2 aromatic rings. The Morgan fingerprint density at radius 2 is 1.61 bits per heavy atom. The van der Waals surface area contributed by atoms with E-state index in [1.165, 1.54) is 24.0 Å². The molecular formula is C27H36NO3+. The van der Waals surface area contributed by atoms with Crippen LogP contribution in [0.2, 0.25) is 0 Å². The highest BCUT2D eigenvalue weighted by molar-refractivity contribution is 5.78. The topological polar surface area (TPSA) is 46.5 Å². The number of aliphatic hydroxyl groups excluding tert-OH is 1. The van der Waals surface area contributed by atoms with Crippen LogP contribution in [0, 0.1) is 0 Å². The fourth-order valence-corrected chi connectivity index (χ4v) is 5.70. The predicted molar refractivity (Wildman–Crippen MR) is 123 cm³/mol. The third kappa shape index (κ3) is 4.56. The standard InChI is InChI=1S/C27H36NO3/c1-19(2)21-11-9-20(10-12-21)17-28(3)23-13-14-24(28)16-25(15-23)31-27(30)26(18-29)22-7-5-4-6-8-22/h4-12,19,23-26,29H,13-18H2,1-3H3/q+1/t23-,24+,25?,26?,28?. The lowest BCUT2D eigenvalue weighted by Crippen LogP contribution is -2.58. The summed E-state index contributed by atoms with van der Waals surface area (Å²) < 4.78 is 7.01. The van der Waals surface area contributed by atoms with E-state index in [0.717, 1.165) is 29.4 Å². The molecule has 3 unspecified atom stereocenters. The second kappa shape index (κ2) is 9.13. The molecule has 2 saturated heterocycles. The molecule has 31 heavy (non-hydrogen) atoms. The maximum atomic E-state index is 12.8. The lowest BCUT2D eigenvalue weighted by molar-refractivity contribution is -0.961. The van der Waals surface area contributed by atoms with E-state index in [-0.39, 0.29) is 18.7 Å². The molecule has 2 aliphatic rings. The number of esters is 1. The van der Waals surface area contributed by atoms with Crippen molar-refractivity contribution in [3.63, 3.8) is 0 Å². The summed E-state index contributed by atoms with van der Waals surface area (Å²) in [6.07, 6.45) is 4.17. The Morgan fingerprint density at radius 3 is 2.16 bits per heavy atom. The van der Waals surface area contributed by atoms with Gasteiger partial charge in [0.15, 0.2) is 0 Å². The second-order valence-electron chi connectivity index (χ2n) is 9.96. The van der Waals surface area contributed by atoms with Crippen LogP contribution in [0.4, 0.5) is 0 Å². The summed E-state index contributed by atoms with van der Waals surface area (Å²) in [4.78, 5) is 12.8. The number of carbonyl (C=O) groups is 1. The Hall–Kier alpha value is -2.17. The van der Waals surface area contributed by atoms with E-state index in [0.29, 0.717) is 18.0 Å². The Morgan fingerprint density at radius 1 is 1.00 bits per heavy atom. The van der Waals surface area contributed by atoms with Gasteiger partial charge in [-0.1, -0.05) is 68.4 Å². The number of nitrogens with zero attached hydrogens (tertiary/aromatic N) is 1. The first-order chi connectivity index (χ1) is 14.9. The summed E-state index contributed by atoms with van der Waals surface area (Å²) in [5, 5.41) is 9.79. The highest BCUT2D eigenvalue weighted by Crippen LogP contribution is 2.43. The maximum absolute atomic E-state index is 12.8. The van der Waals surface area contributed by atoms with E-state index in [1.54, 1.807) is 0 Å². The first-order valence-electron chi connectivity index (χ1n) is 11.7. The van der Waals surface area contributed by atoms with Gasteiger partial charge in [-0.3, -0.25) is 4.79 Å². The molecular weight excluding hydrogens is 386 g/mol. The summed E-state index contributed by atoms with van der Waals surface area (Å²) in [5.41, 5.74) is 3.60. The van der Waals surface area contributed by atoms with E-state index >= 15 is 0 Å². The van der Waals surface area contributed by atoms with Crippen LogP contribution in [-0.4, -0.2) is 47.4 Å². The third-order valence-electron chi connectivity index (χ3n) is 7.69. The molecule has 2 aromatic carbocycles. The summed E-state index contributed by atoms with van der Waals surface area (Å²) >= 11 is 0. The molecule has 166 valence electrons. The molecule has 0 amide bonds. The average Bonchev–Trinajstić information content (AvgIpc) is 2.92. The van der Waals surface area contributed by atoms with E-state index in [4.69, 9.17) is 4.74 Å². The monoisotopic (exact) mass is 422 g/mol. The minimum absolute atomic E-state index is 0.0442. The molecule has 2 fully saturated rings. The van der Waals surface area contributed by atoms with Crippen LogP contribution in [-0.2, 0) is 16.1 Å². The van der Waals surface area contributed by atoms with Crippen molar-refractivity contribution in [3.05, 3.63) is 71.3 Å². The molecule has 4 rings (SSSR count). The van der Waals surface area contributed by atoms with Crippen molar-refractivity contribution < 1.29 is 19.1 Å². The predicted octanol–water partition coefficient (Wildman–Crippen LogP) is 4.77. The molecule has 0 aliphatic carbocycles. The largest absolute Gasteiger partial charge is 0.461 e. The number of quaternary nitrogens is 1. The summed E-state index contributed by atoms with van der Waals surface area (Å²) in [6, 6.07) is 19.6. The first kappa shape index (κ1) is 22.0. The highest BCUT2D eigenvalue weighted by Gasteiger charge is 2.52. The lowest BCUT2D eigenvalue weighted by Gasteiger charge is -2.47. The third-order valence-corrected chi connectivity index (χ3v) is 7.69. The average molecular weight is 423 g/mol. The number of rotatable bonds is 7. The molecule has 0 radical (unpaired) electrons. The minimum Gasteiger partial charge on any atom is -0.461 e. The SMILES string of the molecule is CC(C)c1ccc(C[N+]2(C)[C@@H]3CC[C@H]2CC(OC(=O)C(CO)c2ccccc2)C3)cc1. The normalized spacial score (nSPS) is 28.5. The summed E-state index contributed by atoms with van der Waals surface area (Å²) in [7, 11) is 2.39. The smallest absolute Gasteiger partial charge is 0.316 e. The number of hydrogen-bond acceptors (Lipinski definition) is 3. The van der Waals surface area contributed by atoms with Gasteiger partial charge in [0.05, 0.1) is 25.7 Å². The van der Waals surface area contributed by atoms with Crippen molar-refractivity contribution >= 4 is 5.97 Å². The van der Waals surface area contributed by atoms with Gasteiger partial charge in [0, 0.05) is 31.2 Å². The number of benzene rings is 2. The van der Waals surface area contributed by atoms with Gasteiger partial charge in [-0.25, -0.2) is 0 Å². The Labute approximate surface area is 186 Å². The van der Waals surface area contributed by atoms with Crippen molar-refractivity contribution in [2.75, 3.05) is 13.7 Å². The number of aliphatic hydroxyl groups is 1. The van der Waals surface area contributed by atoms with E-state index in [2.05, 4.69) is 45.2 Å². The van der Waals surface area contributed by atoms with Crippen LogP contribution in [0.3, 0.4) is 0 Å². The zero-order valence-corrected chi connectivity index (χ0v) is 19.0. The molecule has 2 aliphatic heterocycles. The van der Waals surface area contributed by atoms with Crippen LogP contribution >= 0.6 is 0 Å². The lowest BCUT2D eigenvalue weighted by atomic mass is 9.94. The van der Waals surface area contributed by atoms with Gasteiger partial charge < -0.3 is 14.3 Å². The number of ether oxygens (including phenoxy) is 1. The molecule has 0 aromatic heterocycles. The number of piperidine rings is 1. The molecule has 0 saturated carbocycles. The summed E-state index contributed by atoms with van der Waals surface area (Å²) in [5.74, 6) is -0.335. The number of fused-ring (bicyclic) bond motifs is 2. The van der Waals surface area contributed by atoms with Gasteiger partial charge >= 0.3 is 5.97 Å². The van der Waals surface area contributed by atoms with Gasteiger partial charge in [0.1, 0.15) is 18.6 Å². The van der Waals surface area contributed by atoms with E-state index < -0.39 is 5.92 Å². The van der Waals surface area contributed by atoms with Crippen molar-refractivity contribution in [2.45, 2.75) is 76.1 Å². The molecule has 4 heteroatoms. The maximum Gasteiger partial charge on any atom is 0.316 e. The second-order valence-corrected chi connectivity index (χ2v) is 9.96. The van der Waals surface area contributed by atoms with Crippen LogP contribution in [0.1, 0.15) is 68.1 Å². The molecule has 5 atom stereocenters. The Kier molecular flexibility index (Phi) is 6.49. The quantitative estimate of drug-likeness (QED) is 0.516. The number of carbonyl (C=O) groups excluding carboxylic acids is 1. The molecule has 2 bridgehead atoms. The minimum atomic E-state index is -0.596. The van der Waals surface area contributed by atoms with Crippen LogP contribution in [0.15, 0.2) is 54.6 Å². The van der Waals surface area contributed by atoms with Gasteiger partial charge in [0.2, 0.25) is 0 Å². The Balaban J connectivity index is 1.41. The van der Waals surface area contributed by atoms with Crippen LogP contribution in [0.5, 0.6) is 0 Å². The number of hydrogen-bond donors (Lipinski definition) is 1. The van der Waals surface area contributed by atoms with Gasteiger partial charge in [0.25, 0.3) is 0 Å². The molecule has 0 spiro atoms. The van der Waals surface area contributed by atoms with Gasteiger partial charge in [-0.2, -0.15) is 0 Å². The van der Waals surface area contributed by atoms with E-state index in [1.807, 2.05) is 30.3 Å². The molecule has 4 nitrogen and oxygen atoms in total. The summed E-state index contributed by atoms with van der Waals surface area (Å²) in [6.45, 7) is 5.28. The fourth-order valence-electron chi connectivity index (χ4n) is 5.70. The van der Waals surface area contributed by atoms with Crippen molar-refractivity contribution in [2.24, 2.45) is 0 Å². The van der Waals surface area contributed by atoms with Crippen molar-refractivity contribution in [1.82, 2.24) is 0 Å². The van der Waals surface area contributed by atoms with Crippen LogP contribution < -0.4 is 0 Å². The molecule has 1 N–H and O–H groups in total.